The number of thiazole rings is 1. The molecule has 2 heterocycles. The lowest BCUT2D eigenvalue weighted by Gasteiger charge is -2.34. The number of carbonyl (C=O) groups excluding carboxylic acids is 2. The monoisotopic (exact) mass is 346 g/mol. The highest BCUT2D eigenvalue weighted by atomic mass is 32.1. The summed E-state index contributed by atoms with van der Waals surface area (Å²) in [6.07, 6.45) is 0. The molecule has 0 aliphatic carbocycles. The molecule has 1 aliphatic rings. The average Bonchev–Trinajstić information content (AvgIpc) is 2.99. The van der Waals surface area contributed by atoms with Crippen LogP contribution in [-0.4, -0.2) is 65.9 Å². The van der Waals surface area contributed by atoms with Crippen LogP contribution in [0.5, 0.6) is 0 Å². The third-order valence-corrected chi connectivity index (χ3v) is 5.37. The van der Waals surface area contributed by atoms with Gasteiger partial charge in [-0.2, -0.15) is 0 Å². The Morgan fingerprint density at radius 2 is 1.92 bits per heavy atom. The van der Waals surface area contributed by atoms with Gasteiger partial charge < -0.3 is 4.90 Å². The second kappa shape index (κ2) is 7.27. The van der Waals surface area contributed by atoms with Crippen LogP contribution in [0.2, 0.25) is 0 Å². The van der Waals surface area contributed by atoms with Crippen LogP contribution in [-0.2, 0) is 9.59 Å². The lowest BCUT2D eigenvalue weighted by molar-refractivity contribution is -0.130. The van der Waals surface area contributed by atoms with Crippen LogP contribution in [0.3, 0.4) is 0 Å². The van der Waals surface area contributed by atoms with E-state index in [0.29, 0.717) is 26.2 Å². The number of likely N-dealkylation sites (N-methyl/N-ethyl adjacent to an activating group) is 1. The number of carbonyl (C=O) groups is 2. The van der Waals surface area contributed by atoms with E-state index < -0.39 is 0 Å². The second-order valence-electron chi connectivity index (χ2n) is 5.88. The average molecular weight is 346 g/mol. The molecule has 0 N–H and O–H groups in total. The van der Waals surface area contributed by atoms with Crippen molar-refractivity contribution in [3.05, 3.63) is 24.3 Å². The van der Waals surface area contributed by atoms with E-state index in [-0.39, 0.29) is 11.8 Å². The molecule has 0 radical (unpaired) electrons. The zero-order chi connectivity index (χ0) is 17.1. The van der Waals surface area contributed by atoms with Crippen LogP contribution >= 0.6 is 11.3 Å². The number of aromatic nitrogens is 1. The lowest BCUT2D eigenvalue weighted by atomic mass is 10.3. The largest absolute Gasteiger partial charge is 0.340 e. The molecule has 3 rings (SSSR count). The maximum atomic E-state index is 12.7. The van der Waals surface area contributed by atoms with E-state index in [1.807, 2.05) is 36.1 Å². The number of piperazine rings is 1. The van der Waals surface area contributed by atoms with Crippen molar-refractivity contribution in [2.24, 2.45) is 0 Å². The molecule has 128 valence electrons. The Morgan fingerprint density at radius 1 is 1.21 bits per heavy atom. The van der Waals surface area contributed by atoms with E-state index in [1.165, 1.54) is 0 Å². The summed E-state index contributed by atoms with van der Waals surface area (Å²) >= 11 is 1.55. The zero-order valence-electron chi connectivity index (χ0n) is 14.1. The first-order valence-electron chi connectivity index (χ1n) is 8.22. The van der Waals surface area contributed by atoms with Crippen LogP contribution < -0.4 is 4.90 Å². The molecule has 0 unspecified atom stereocenters. The van der Waals surface area contributed by atoms with Gasteiger partial charge in [0.25, 0.3) is 0 Å². The molecule has 7 heteroatoms. The molecule has 0 spiro atoms. The Hall–Kier alpha value is -1.99. The van der Waals surface area contributed by atoms with Gasteiger partial charge in [0.1, 0.15) is 0 Å². The molecule has 0 bridgehead atoms. The van der Waals surface area contributed by atoms with Crippen LogP contribution in [0.1, 0.15) is 13.8 Å². The molecular formula is C17H22N4O2S. The molecular weight excluding hydrogens is 324 g/mol. The van der Waals surface area contributed by atoms with Crippen molar-refractivity contribution in [2.75, 3.05) is 44.2 Å². The number of fused-ring (bicyclic) bond motifs is 1. The Morgan fingerprint density at radius 3 is 2.54 bits per heavy atom. The van der Waals surface area contributed by atoms with Crippen LogP contribution in [0.15, 0.2) is 24.3 Å². The fourth-order valence-electron chi connectivity index (χ4n) is 2.89. The Kier molecular flexibility index (Phi) is 5.11. The molecule has 1 aromatic carbocycles. The van der Waals surface area contributed by atoms with Crippen molar-refractivity contribution in [1.82, 2.24) is 14.8 Å². The predicted octanol–water partition coefficient (Wildman–Crippen LogP) is 1.81. The number of hydrogen-bond acceptors (Lipinski definition) is 5. The van der Waals surface area contributed by atoms with Gasteiger partial charge in [-0.15, -0.1) is 0 Å². The van der Waals surface area contributed by atoms with Crippen molar-refractivity contribution in [1.29, 1.82) is 0 Å². The number of benzene rings is 1. The minimum atomic E-state index is 0.0628. The molecule has 1 aliphatic heterocycles. The van der Waals surface area contributed by atoms with E-state index in [2.05, 4.69) is 9.88 Å². The van der Waals surface area contributed by atoms with Crippen molar-refractivity contribution in [3.63, 3.8) is 0 Å². The third kappa shape index (κ3) is 3.57. The first-order valence-corrected chi connectivity index (χ1v) is 9.04. The molecule has 1 fully saturated rings. The van der Waals surface area contributed by atoms with Crippen molar-refractivity contribution in [2.45, 2.75) is 13.8 Å². The molecule has 0 atom stereocenters. The first-order chi connectivity index (χ1) is 11.6. The van der Waals surface area contributed by atoms with Crippen LogP contribution in [0.25, 0.3) is 10.2 Å². The topological polar surface area (TPSA) is 56.8 Å². The number of anilines is 1. The van der Waals surface area contributed by atoms with Crippen molar-refractivity contribution < 1.29 is 9.59 Å². The fraction of sp³-hybridized carbons (Fsp3) is 0.471. The van der Waals surface area contributed by atoms with E-state index in [9.17, 15) is 9.59 Å². The van der Waals surface area contributed by atoms with E-state index in [4.69, 9.17) is 0 Å². The highest BCUT2D eigenvalue weighted by molar-refractivity contribution is 7.22. The van der Waals surface area contributed by atoms with Gasteiger partial charge in [-0.1, -0.05) is 23.5 Å². The van der Waals surface area contributed by atoms with Gasteiger partial charge in [0.15, 0.2) is 5.13 Å². The zero-order valence-corrected chi connectivity index (χ0v) is 14.9. The summed E-state index contributed by atoms with van der Waals surface area (Å²) in [5, 5.41) is 0.756. The van der Waals surface area contributed by atoms with E-state index in [1.54, 1.807) is 23.2 Å². The summed E-state index contributed by atoms with van der Waals surface area (Å²) in [6.45, 7) is 7.39. The summed E-state index contributed by atoms with van der Waals surface area (Å²) in [5.74, 6) is 0.165. The first kappa shape index (κ1) is 16.9. The van der Waals surface area contributed by atoms with Gasteiger partial charge in [0.2, 0.25) is 11.8 Å². The summed E-state index contributed by atoms with van der Waals surface area (Å²) in [7, 11) is 0. The van der Waals surface area contributed by atoms with Gasteiger partial charge in [-0.25, -0.2) is 4.98 Å². The Labute approximate surface area is 145 Å². The Bertz CT molecular complexity index is 704. The van der Waals surface area contributed by atoms with Crippen molar-refractivity contribution >= 4 is 38.5 Å². The minimum absolute atomic E-state index is 0.0628. The van der Waals surface area contributed by atoms with Crippen LogP contribution in [0.4, 0.5) is 5.13 Å². The summed E-state index contributed by atoms with van der Waals surface area (Å²) in [4.78, 5) is 34.4. The summed E-state index contributed by atoms with van der Waals surface area (Å²) in [5.41, 5.74) is 0.929. The van der Waals surface area contributed by atoms with Gasteiger partial charge >= 0.3 is 0 Å². The van der Waals surface area contributed by atoms with Gasteiger partial charge in [-0.05, 0) is 19.1 Å². The second-order valence-corrected chi connectivity index (χ2v) is 6.89. The number of para-hydroxylation sites is 1. The smallest absolute Gasteiger partial charge is 0.242 e. The lowest BCUT2D eigenvalue weighted by Crippen LogP contribution is -2.51. The van der Waals surface area contributed by atoms with Gasteiger partial charge in [0.05, 0.1) is 16.8 Å². The highest BCUT2D eigenvalue weighted by Gasteiger charge is 2.24. The molecule has 24 heavy (non-hydrogen) atoms. The molecule has 1 aromatic heterocycles. The molecule has 2 amide bonds. The van der Waals surface area contributed by atoms with Crippen LogP contribution in [0, 0.1) is 0 Å². The molecule has 6 nitrogen and oxygen atoms in total. The van der Waals surface area contributed by atoms with E-state index >= 15 is 0 Å². The normalized spacial score (nSPS) is 15.7. The third-order valence-electron chi connectivity index (χ3n) is 4.31. The van der Waals surface area contributed by atoms with E-state index in [0.717, 1.165) is 28.4 Å². The van der Waals surface area contributed by atoms with Gasteiger partial charge in [-0.3, -0.25) is 19.4 Å². The molecule has 2 aromatic rings. The number of rotatable bonds is 4. The predicted molar refractivity (Wildman–Crippen MR) is 96.3 cm³/mol. The van der Waals surface area contributed by atoms with Crippen molar-refractivity contribution in [3.8, 4) is 0 Å². The summed E-state index contributed by atoms with van der Waals surface area (Å²) in [6, 6.07) is 7.93. The number of nitrogens with zero attached hydrogens (tertiary/aromatic N) is 4. The maximum absolute atomic E-state index is 12.7. The minimum Gasteiger partial charge on any atom is -0.340 e. The fourth-order valence-corrected chi connectivity index (χ4v) is 3.94. The summed E-state index contributed by atoms with van der Waals surface area (Å²) < 4.78 is 1.09. The standard InChI is InChI=1S/C17H22N4O2S/c1-3-21(17-18-14-6-4-5-7-15(14)24-17)16(23)12-19-8-10-20(11-9-19)13(2)22/h4-7H,3,8-12H2,1-2H3. The SMILES string of the molecule is CCN(C(=O)CN1CCN(C(C)=O)CC1)c1nc2ccccc2s1. The maximum Gasteiger partial charge on any atom is 0.242 e. The molecule has 1 saturated heterocycles. The van der Waals surface area contributed by atoms with Gasteiger partial charge in [0, 0.05) is 39.6 Å². The number of hydrogen-bond donors (Lipinski definition) is 0. The molecule has 0 saturated carbocycles. The highest BCUT2D eigenvalue weighted by Crippen LogP contribution is 2.28. The Balaban J connectivity index is 1.65. The quantitative estimate of drug-likeness (QED) is 0.847. The number of amides is 2.